The molecule has 0 aromatic carbocycles. The summed E-state index contributed by atoms with van der Waals surface area (Å²) in [5.41, 5.74) is 0. The minimum atomic E-state index is -5.73. The van der Waals surface area contributed by atoms with Gasteiger partial charge in [-0.15, -0.1) is 0 Å². The molecule has 140 valence electrons. The van der Waals surface area contributed by atoms with Crippen LogP contribution in [0.15, 0.2) is 10.1 Å². The number of nitrogens with one attached hydrogen (secondary N) is 2. The van der Waals surface area contributed by atoms with Gasteiger partial charge in [-0.1, -0.05) is 46.3 Å². The van der Waals surface area contributed by atoms with Gasteiger partial charge in [-0.3, -0.25) is 0 Å². The van der Waals surface area contributed by atoms with Gasteiger partial charge in [-0.05, 0) is 25.7 Å². The Morgan fingerprint density at radius 2 is 1.00 bits per heavy atom. The van der Waals surface area contributed by atoms with Gasteiger partial charge in [0.1, 0.15) is 5.82 Å². The first-order valence-electron chi connectivity index (χ1n) is 8.34. The first-order valence-corrected chi connectivity index (χ1v) is 11.1. The van der Waals surface area contributed by atoms with Gasteiger partial charge in [0, 0.05) is 12.1 Å². The normalized spacial score (nSPS) is 21.2. The van der Waals surface area contributed by atoms with Gasteiger partial charge in [0.05, 0.1) is 0 Å². The molecule has 6 nitrogen and oxygen atoms in total. The van der Waals surface area contributed by atoms with Crippen molar-refractivity contribution in [1.29, 1.82) is 0 Å². The molecule has 0 radical (unpaired) electrons. The van der Waals surface area contributed by atoms with Crippen LogP contribution in [0.3, 0.4) is 0 Å². The minimum Gasteiger partial charge on any atom is -0.367 e. The Labute approximate surface area is 142 Å². The summed E-state index contributed by atoms with van der Waals surface area (Å²) >= 11 is 0. The molecule has 2 saturated carbocycles. The molecule has 0 aromatic rings. The lowest BCUT2D eigenvalue weighted by atomic mass is 9.95. The number of hydrogen-bond acceptors (Lipinski definition) is 6. The molecule has 2 aliphatic carbocycles. The van der Waals surface area contributed by atoms with E-state index in [1.165, 1.54) is 0 Å². The van der Waals surface area contributed by atoms with Crippen LogP contribution in [-0.2, 0) is 20.4 Å². The fraction of sp³-hybridized carbons (Fsp3) is 0.857. The van der Waals surface area contributed by atoms with E-state index in [4.69, 9.17) is 0 Å². The lowest BCUT2D eigenvalue weighted by Crippen LogP contribution is -2.43. The molecule has 0 amide bonds. The largest absolute Gasteiger partial charge is 0.367 e. The van der Waals surface area contributed by atoms with E-state index in [1.54, 1.807) is 0 Å². The monoisotopic (exact) mass is 386 g/mol. The second kappa shape index (κ2) is 7.99. The van der Waals surface area contributed by atoms with Crippen LogP contribution < -0.4 is 10.6 Å². The predicted octanol–water partition coefficient (Wildman–Crippen LogP) is 2.56. The smallest absolute Gasteiger partial charge is 0.349 e. The molecule has 0 aliphatic heterocycles. The van der Waals surface area contributed by atoms with Crippen molar-refractivity contribution in [2.75, 3.05) is 0 Å². The highest BCUT2D eigenvalue weighted by Crippen LogP contribution is 2.26. The van der Waals surface area contributed by atoms with E-state index in [-0.39, 0.29) is 12.1 Å². The zero-order valence-electron chi connectivity index (χ0n) is 13.4. The van der Waals surface area contributed by atoms with Crippen molar-refractivity contribution in [3.63, 3.8) is 0 Å². The second-order valence-corrected chi connectivity index (χ2v) is 9.32. The van der Waals surface area contributed by atoms with Crippen molar-refractivity contribution in [3.8, 4) is 0 Å². The quantitative estimate of drug-likeness (QED) is 0.682. The molecule has 24 heavy (non-hydrogen) atoms. The molecule has 0 heterocycles. The molecule has 0 atom stereocenters. The molecule has 2 fully saturated rings. The summed E-state index contributed by atoms with van der Waals surface area (Å²) in [4.78, 5) is 0. The van der Waals surface area contributed by atoms with Gasteiger partial charge in [0.15, 0.2) is 0 Å². The van der Waals surface area contributed by atoms with Gasteiger partial charge in [0.2, 0.25) is 0 Å². The van der Waals surface area contributed by atoms with Crippen LogP contribution in [0.25, 0.3) is 0 Å². The summed E-state index contributed by atoms with van der Waals surface area (Å²) in [6, 6.07) is -0.410. The average Bonchev–Trinajstić information content (AvgIpc) is 2.46. The molecular weight excluding hydrogens is 362 g/mol. The lowest BCUT2D eigenvalue weighted by Gasteiger charge is -2.30. The Hall–Kier alpha value is -0.900. The van der Waals surface area contributed by atoms with E-state index in [9.17, 15) is 24.6 Å². The van der Waals surface area contributed by atoms with Crippen LogP contribution in [0.5, 0.6) is 0 Å². The van der Waals surface area contributed by atoms with Crippen LogP contribution in [-0.4, -0.2) is 28.9 Å². The minimum absolute atomic E-state index is 0.205. The Bertz CT molecular complexity index is 609. The van der Waals surface area contributed by atoms with Crippen molar-refractivity contribution in [2.24, 2.45) is 0 Å². The van der Waals surface area contributed by atoms with E-state index >= 15 is 0 Å². The third-order valence-electron chi connectivity index (χ3n) is 4.55. The summed E-state index contributed by atoms with van der Waals surface area (Å²) in [7, 11) is -11.5. The summed E-state index contributed by atoms with van der Waals surface area (Å²) in [6.45, 7) is 0. The maximum atomic E-state index is 13.5. The van der Waals surface area contributed by atoms with Crippen LogP contribution in [0.2, 0.25) is 0 Å². The van der Waals surface area contributed by atoms with Crippen molar-refractivity contribution in [2.45, 2.75) is 76.3 Å². The first kappa shape index (κ1) is 19.4. The highest BCUT2D eigenvalue weighted by Gasteiger charge is 2.37. The summed E-state index contributed by atoms with van der Waals surface area (Å²) in [6.07, 6.45) is 8.44. The predicted molar refractivity (Wildman–Crippen MR) is 87.1 cm³/mol. The average molecular weight is 386 g/mol. The Morgan fingerprint density at radius 1 is 0.667 bits per heavy atom. The van der Waals surface area contributed by atoms with E-state index in [0.29, 0.717) is 25.7 Å². The molecule has 0 bridgehead atoms. The fourth-order valence-corrected chi connectivity index (χ4v) is 5.10. The topological polar surface area (TPSA) is 92.3 Å². The molecule has 2 N–H and O–H groups in total. The zero-order valence-corrected chi connectivity index (χ0v) is 15.1. The molecule has 2 aliphatic rings. The van der Waals surface area contributed by atoms with Gasteiger partial charge < -0.3 is 10.6 Å². The van der Waals surface area contributed by atoms with Crippen molar-refractivity contribution < 1.29 is 24.6 Å². The molecular formula is C14H24F2N2O4S2. The summed E-state index contributed by atoms with van der Waals surface area (Å²) in [5, 5.41) is 5.49. The SMILES string of the molecule is O=S(=O)(F)C(=C(NC1CCCCC1)NC1CCCCC1)S(=O)(=O)F. The first-order chi connectivity index (χ1) is 11.2. The summed E-state index contributed by atoms with van der Waals surface area (Å²) in [5.74, 6) is -0.557. The maximum Gasteiger partial charge on any atom is 0.349 e. The number of hydrogen-bond donors (Lipinski definition) is 2. The van der Waals surface area contributed by atoms with Crippen LogP contribution in [0.4, 0.5) is 7.77 Å². The standard InChI is InChI=1S/C14H24F2N2O4S2/c15-23(19,20)14(24(16,21)22)13(17-11-7-3-1-4-8-11)18-12-9-5-2-6-10-12/h11-12,17-18H,1-10H2. The van der Waals surface area contributed by atoms with Crippen LogP contribution >= 0.6 is 0 Å². The highest BCUT2D eigenvalue weighted by molar-refractivity contribution is 8.10. The Balaban J connectivity index is 2.35. The van der Waals surface area contributed by atoms with Gasteiger partial charge >= 0.3 is 20.4 Å². The molecule has 0 saturated heterocycles. The van der Waals surface area contributed by atoms with E-state index < -0.39 is 30.5 Å². The Morgan fingerprint density at radius 3 is 1.29 bits per heavy atom. The fourth-order valence-electron chi connectivity index (χ4n) is 3.42. The van der Waals surface area contributed by atoms with Gasteiger partial charge in [-0.25, -0.2) is 0 Å². The molecule has 0 spiro atoms. The van der Waals surface area contributed by atoms with Crippen LogP contribution in [0.1, 0.15) is 64.2 Å². The maximum absolute atomic E-state index is 13.5. The number of halogens is 2. The van der Waals surface area contributed by atoms with Crippen molar-refractivity contribution in [3.05, 3.63) is 10.1 Å². The lowest BCUT2D eigenvalue weighted by molar-refractivity contribution is 0.355. The van der Waals surface area contributed by atoms with Crippen LogP contribution in [0, 0.1) is 0 Å². The Kier molecular flexibility index (Phi) is 6.46. The van der Waals surface area contributed by atoms with E-state index in [2.05, 4.69) is 10.6 Å². The van der Waals surface area contributed by atoms with E-state index in [1.807, 2.05) is 0 Å². The molecule has 10 heteroatoms. The summed E-state index contributed by atoms with van der Waals surface area (Å²) < 4.78 is 70.3. The third kappa shape index (κ3) is 5.58. The molecule has 0 aromatic heterocycles. The van der Waals surface area contributed by atoms with Crippen molar-refractivity contribution in [1.82, 2.24) is 10.6 Å². The molecule has 0 unspecified atom stereocenters. The highest BCUT2D eigenvalue weighted by atomic mass is 32.3. The molecule has 2 rings (SSSR count). The van der Waals surface area contributed by atoms with E-state index in [0.717, 1.165) is 38.5 Å². The van der Waals surface area contributed by atoms with Gasteiger partial charge in [0.25, 0.3) is 4.24 Å². The zero-order chi connectivity index (χ0) is 17.8. The van der Waals surface area contributed by atoms with Crippen molar-refractivity contribution >= 4 is 20.4 Å². The number of rotatable bonds is 6. The van der Waals surface area contributed by atoms with Gasteiger partial charge in [-0.2, -0.15) is 16.8 Å². The second-order valence-electron chi connectivity index (χ2n) is 6.50. The third-order valence-corrected chi connectivity index (χ3v) is 7.04.